The Balaban J connectivity index is 2.54. The van der Waals surface area contributed by atoms with Gasteiger partial charge in [-0.25, -0.2) is 4.72 Å². The van der Waals surface area contributed by atoms with E-state index in [2.05, 4.69) is 18.6 Å². The second-order valence-corrected chi connectivity index (χ2v) is 7.42. The molecule has 1 fully saturated rings. The third-order valence-corrected chi connectivity index (χ3v) is 5.82. The van der Waals surface area contributed by atoms with Crippen molar-refractivity contribution in [3.05, 3.63) is 0 Å². The predicted molar refractivity (Wildman–Crippen MR) is 81.7 cm³/mol. The highest BCUT2D eigenvalue weighted by atomic mass is 32.2. The van der Waals surface area contributed by atoms with Crippen LogP contribution in [0.5, 0.6) is 0 Å². The molecule has 0 amide bonds. The lowest BCUT2D eigenvalue weighted by molar-refractivity contribution is 0.153. The van der Waals surface area contributed by atoms with Crippen molar-refractivity contribution in [1.82, 2.24) is 9.03 Å². The Morgan fingerprint density at radius 3 is 2.70 bits per heavy atom. The molecule has 120 valence electrons. The molecule has 0 radical (unpaired) electrons. The summed E-state index contributed by atoms with van der Waals surface area (Å²) in [5, 5.41) is 9.33. The first-order valence-electron chi connectivity index (χ1n) is 7.92. The standard InChI is InChI=1S/C14H30N2O3S/c1-3-5-8-13(4-2)11-15-20(18,19)16-10-7-6-9-14(16)12-17/h13-15,17H,3-12H2,1-2H3. The predicted octanol–water partition coefficient (Wildman–Crippen LogP) is 1.88. The molecule has 0 saturated carbocycles. The van der Waals surface area contributed by atoms with E-state index in [4.69, 9.17) is 0 Å². The maximum atomic E-state index is 12.4. The van der Waals surface area contributed by atoms with E-state index in [0.29, 0.717) is 19.0 Å². The molecule has 5 nitrogen and oxygen atoms in total. The lowest BCUT2D eigenvalue weighted by atomic mass is 10.00. The van der Waals surface area contributed by atoms with E-state index in [1.54, 1.807) is 0 Å². The minimum atomic E-state index is -3.45. The number of nitrogens with zero attached hydrogens (tertiary/aromatic N) is 1. The number of hydrogen-bond donors (Lipinski definition) is 2. The van der Waals surface area contributed by atoms with Crippen LogP contribution in [-0.2, 0) is 10.2 Å². The molecule has 0 aromatic carbocycles. The Morgan fingerprint density at radius 2 is 2.10 bits per heavy atom. The normalized spacial score (nSPS) is 22.9. The van der Waals surface area contributed by atoms with Crippen molar-refractivity contribution < 1.29 is 13.5 Å². The monoisotopic (exact) mass is 306 g/mol. The number of hydrogen-bond acceptors (Lipinski definition) is 3. The smallest absolute Gasteiger partial charge is 0.279 e. The van der Waals surface area contributed by atoms with E-state index >= 15 is 0 Å². The molecule has 0 spiro atoms. The largest absolute Gasteiger partial charge is 0.395 e. The molecule has 0 aliphatic carbocycles. The van der Waals surface area contributed by atoms with Crippen molar-refractivity contribution in [3.8, 4) is 0 Å². The van der Waals surface area contributed by atoms with Crippen molar-refractivity contribution in [1.29, 1.82) is 0 Å². The van der Waals surface area contributed by atoms with E-state index < -0.39 is 10.2 Å². The highest BCUT2D eigenvalue weighted by Crippen LogP contribution is 2.20. The number of nitrogens with one attached hydrogen (secondary N) is 1. The quantitative estimate of drug-likeness (QED) is 0.683. The molecule has 2 atom stereocenters. The maximum Gasteiger partial charge on any atom is 0.279 e. The molecule has 6 heteroatoms. The van der Waals surface area contributed by atoms with Crippen LogP contribution in [0.3, 0.4) is 0 Å². The molecule has 1 rings (SSSR count). The molecule has 1 aliphatic rings. The fraction of sp³-hybridized carbons (Fsp3) is 1.00. The van der Waals surface area contributed by atoms with Gasteiger partial charge in [0, 0.05) is 19.1 Å². The van der Waals surface area contributed by atoms with Crippen LogP contribution >= 0.6 is 0 Å². The Morgan fingerprint density at radius 1 is 1.35 bits per heavy atom. The molecule has 2 unspecified atom stereocenters. The average molecular weight is 306 g/mol. The first kappa shape index (κ1) is 17.9. The molecular formula is C14H30N2O3S. The minimum absolute atomic E-state index is 0.0893. The fourth-order valence-electron chi connectivity index (χ4n) is 2.72. The highest BCUT2D eigenvalue weighted by molar-refractivity contribution is 7.87. The van der Waals surface area contributed by atoms with Crippen molar-refractivity contribution in [2.45, 2.75) is 64.8 Å². The van der Waals surface area contributed by atoms with Gasteiger partial charge in [-0.1, -0.05) is 39.5 Å². The van der Waals surface area contributed by atoms with Gasteiger partial charge in [-0.15, -0.1) is 0 Å². The summed E-state index contributed by atoms with van der Waals surface area (Å²) in [5.41, 5.74) is 0. The molecule has 2 N–H and O–H groups in total. The van der Waals surface area contributed by atoms with Gasteiger partial charge in [0.1, 0.15) is 0 Å². The Bertz CT molecular complexity index is 359. The van der Waals surface area contributed by atoms with Gasteiger partial charge in [-0.3, -0.25) is 0 Å². The zero-order chi connectivity index (χ0) is 15.0. The zero-order valence-electron chi connectivity index (χ0n) is 12.8. The molecule has 0 bridgehead atoms. The van der Waals surface area contributed by atoms with Gasteiger partial charge < -0.3 is 5.11 Å². The van der Waals surface area contributed by atoms with Gasteiger partial charge in [-0.05, 0) is 25.2 Å². The number of piperidine rings is 1. The van der Waals surface area contributed by atoms with E-state index in [-0.39, 0.29) is 12.6 Å². The Kier molecular flexibility index (Phi) is 8.02. The van der Waals surface area contributed by atoms with Gasteiger partial charge >= 0.3 is 0 Å². The van der Waals surface area contributed by atoms with Gasteiger partial charge in [0.05, 0.1) is 6.61 Å². The summed E-state index contributed by atoms with van der Waals surface area (Å²) in [5.74, 6) is 0.405. The summed E-state index contributed by atoms with van der Waals surface area (Å²) in [4.78, 5) is 0. The summed E-state index contributed by atoms with van der Waals surface area (Å²) in [6.07, 6.45) is 6.97. The number of unbranched alkanes of at least 4 members (excludes halogenated alkanes) is 1. The molecule has 0 aromatic rings. The maximum absolute atomic E-state index is 12.4. The van der Waals surface area contributed by atoms with E-state index in [9.17, 15) is 13.5 Å². The minimum Gasteiger partial charge on any atom is -0.395 e. The lowest BCUT2D eigenvalue weighted by Crippen LogP contribution is -2.51. The summed E-state index contributed by atoms with van der Waals surface area (Å²) in [7, 11) is -3.45. The average Bonchev–Trinajstić information content (AvgIpc) is 2.47. The zero-order valence-corrected chi connectivity index (χ0v) is 13.7. The molecule has 1 aliphatic heterocycles. The highest BCUT2D eigenvalue weighted by Gasteiger charge is 2.31. The fourth-order valence-corrected chi connectivity index (χ4v) is 4.27. The van der Waals surface area contributed by atoms with Gasteiger partial charge in [0.25, 0.3) is 10.2 Å². The second-order valence-electron chi connectivity index (χ2n) is 5.71. The molecule has 1 heterocycles. The SMILES string of the molecule is CCCCC(CC)CNS(=O)(=O)N1CCCCC1CO. The van der Waals surface area contributed by atoms with Gasteiger partial charge in [-0.2, -0.15) is 12.7 Å². The number of aliphatic hydroxyl groups excluding tert-OH is 1. The van der Waals surface area contributed by atoms with Crippen molar-refractivity contribution in [3.63, 3.8) is 0 Å². The lowest BCUT2D eigenvalue weighted by Gasteiger charge is -2.33. The van der Waals surface area contributed by atoms with E-state index in [0.717, 1.165) is 44.9 Å². The first-order valence-corrected chi connectivity index (χ1v) is 9.36. The third kappa shape index (κ3) is 5.31. The van der Waals surface area contributed by atoms with Crippen molar-refractivity contribution in [2.24, 2.45) is 5.92 Å². The van der Waals surface area contributed by atoms with Crippen LogP contribution < -0.4 is 4.72 Å². The first-order chi connectivity index (χ1) is 9.55. The van der Waals surface area contributed by atoms with E-state index in [1.807, 2.05) is 0 Å². The van der Waals surface area contributed by atoms with Crippen LogP contribution in [0.1, 0.15) is 58.8 Å². The third-order valence-electron chi connectivity index (χ3n) is 4.19. The molecule has 0 aromatic heterocycles. The van der Waals surface area contributed by atoms with Crippen LogP contribution in [-0.4, -0.2) is 43.6 Å². The number of aliphatic hydroxyl groups is 1. The molecule has 20 heavy (non-hydrogen) atoms. The Hall–Kier alpha value is -0.170. The number of rotatable bonds is 9. The van der Waals surface area contributed by atoms with Crippen LogP contribution in [0.25, 0.3) is 0 Å². The van der Waals surface area contributed by atoms with Gasteiger partial charge in [0.2, 0.25) is 0 Å². The van der Waals surface area contributed by atoms with Crippen LogP contribution in [0.15, 0.2) is 0 Å². The Labute approximate surface area is 123 Å². The van der Waals surface area contributed by atoms with E-state index in [1.165, 1.54) is 4.31 Å². The van der Waals surface area contributed by atoms with Crippen molar-refractivity contribution >= 4 is 10.2 Å². The van der Waals surface area contributed by atoms with Crippen LogP contribution in [0.4, 0.5) is 0 Å². The second kappa shape index (κ2) is 8.97. The van der Waals surface area contributed by atoms with Crippen molar-refractivity contribution in [2.75, 3.05) is 19.7 Å². The topological polar surface area (TPSA) is 69.6 Å². The summed E-state index contributed by atoms with van der Waals surface area (Å²) in [6.45, 7) is 5.19. The summed E-state index contributed by atoms with van der Waals surface area (Å²) >= 11 is 0. The van der Waals surface area contributed by atoms with Crippen LogP contribution in [0, 0.1) is 5.92 Å². The molecular weight excluding hydrogens is 276 g/mol. The summed E-state index contributed by atoms with van der Waals surface area (Å²) < 4.78 is 28.9. The van der Waals surface area contributed by atoms with Gasteiger partial charge in [0.15, 0.2) is 0 Å². The summed E-state index contributed by atoms with van der Waals surface area (Å²) in [6, 6.07) is -0.253. The van der Waals surface area contributed by atoms with Crippen LogP contribution in [0.2, 0.25) is 0 Å². The molecule has 1 saturated heterocycles.